The second-order valence-electron chi connectivity index (χ2n) is 6.66. The highest BCUT2D eigenvalue weighted by Crippen LogP contribution is 2.29. The number of benzene rings is 3. The third-order valence-electron chi connectivity index (χ3n) is 4.81. The molecule has 0 aliphatic carbocycles. The summed E-state index contributed by atoms with van der Waals surface area (Å²) in [7, 11) is 0. The number of ether oxygens (including phenoxy) is 1. The van der Waals surface area contributed by atoms with Crippen molar-refractivity contribution in [3.05, 3.63) is 99.5 Å². The molecular formula is C23H20BrNO2. The Labute approximate surface area is 167 Å². The Balaban J connectivity index is 1.50. The van der Waals surface area contributed by atoms with Crippen LogP contribution < -0.4 is 4.74 Å². The zero-order chi connectivity index (χ0) is 18.6. The van der Waals surface area contributed by atoms with Gasteiger partial charge in [0.15, 0.2) is 0 Å². The fourth-order valence-electron chi connectivity index (χ4n) is 3.37. The van der Waals surface area contributed by atoms with E-state index >= 15 is 0 Å². The van der Waals surface area contributed by atoms with Gasteiger partial charge in [0, 0.05) is 28.7 Å². The van der Waals surface area contributed by atoms with E-state index in [1.54, 1.807) is 0 Å². The van der Waals surface area contributed by atoms with Crippen LogP contribution in [0.4, 0.5) is 0 Å². The molecule has 1 amide bonds. The summed E-state index contributed by atoms with van der Waals surface area (Å²) in [5.41, 5.74) is 4.02. The summed E-state index contributed by atoms with van der Waals surface area (Å²) >= 11 is 3.45. The summed E-state index contributed by atoms with van der Waals surface area (Å²) in [6.07, 6.45) is 0.808. The van der Waals surface area contributed by atoms with Crippen molar-refractivity contribution in [1.82, 2.24) is 4.90 Å². The Kier molecular flexibility index (Phi) is 5.26. The molecule has 3 aromatic carbocycles. The van der Waals surface area contributed by atoms with E-state index < -0.39 is 0 Å². The van der Waals surface area contributed by atoms with Crippen molar-refractivity contribution in [2.24, 2.45) is 0 Å². The standard InChI is InChI=1S/C23H20BrNO2/c24-19-11-9-17(10-12-19)15-25-14-13-20-21(23(25)26)7-4-8-22(20)27-16-18-5-2-1-3-6-18/h1-12H,13-16H2. The fourth-order valence-corrected chi connectivity index (χ4v) is 3.64. The van der Waals surface area contributed by atoms with Crippen LogP contribution >= 0.6 is 15.9 Å². The molecule has 1 aliphatic rings. The minimum absolute atomic E-state index is 0.0735. The normalized spacial score (nSPS) is 13.4. The summed E-state index contributed by atoms with van der Waals surface area (Å²) in [5, 5.41) is 0. The lowest BCUT2D eigenvalue weighted by molar-refractivity contribution is 0.0725. The first-order chi connectivity index (χ1) is 13.2. The van der Waals surface area contributed by atoms with Gasteiger partial charge in [0.25, 0.3) is 5.91 Å². The molecule has 3 nitrogen and oxygen atoms in total. The van der Waals surface area contributed by atoms with E-state index in [4.69, 9.17) is 4.74 Å². The molecule has 136 valence electrons. The third-order valence-corrected chi connectivity index (χ3v) is 5.33. The lowest BCUT2D eigenvalue weighted by Crippen LogP contribution is -2.37. The molecule has 0 atom stereocenters. The van der Waals surface area contributed by atoms with Crippen molar-refractivity contribution in [3.8, 4) is 5.75 Å². The van der Waals surface area contributed by atoms with Gasteiger partial charge in [-0.15, -0.1) is 0 Å². The Morgan fingerprint density at radius 3 is 2.44 bits per heavy atom. The highest BCUT2D eigenvalue weighted by atomic mass is 79.9. The smallest absolute Gasteiger partial charge is 0.254 e. The number of fused-ring (bicyclic) bond motifs is 1. The molecule has 0 N–H and O–H groups in total. The van der Waals surface area contributed by atoms with Crippen LogP contribution in [-0.4, -0.2) is 17.4 Å². The molecule has 27 heavy (non-hydrogen) atoms. The number of hydrogen-bond donors (Lipinski definition) is 0. The van der Waals surface area contributed by atoms with E-state index in [1.807, 2.05) is 77.7 Å². The first-order valence-electron chi connectivity index (χ1n) is 9.03. The predicted molar refractivity (Wildman–Crippen MR) is 110 cm³/mol. The van der Waals surface area contributed by atoms with E-state index in [1.165, 1.54) is 0 Å². The van der Waals surface area contributed by atoms with E-state index in [0.29, 0.717) is 19.7 Å². The van der Waals surface area contributed by atoms with Crippen molar-refractivity contribution in [2.45, 2.75) is 19.6 Å². The van der Waals surface area contributed by atoms with Crippen molar-refractivity contribution in [3.63, 3.8) is 0 Å². The van der Waals surface area contributed by atoms with E-state index in [0.717, 1.165) is 38.9 Å². The molecule has 0 unspecified atom stereocenters. The average molecular weight is 422 g/mol. The number of carbonyl (C=O) groups is 1. The zero-order valence-corrected chi connectivity index (χ0v) is 16.5. The highest BCUT2D eigenvalue weighted by molar-refractivity contribution is 9.10. The topological polar surface area (TPSA) is 29.5 Å². The van der Waals surface area contributed by atoms with Crippen molar-refractivity contribution >= 4 is 21.8 Å². The number of nitrogens with zero attached hydrogens (tertiary/aromatic N) is 1. The van der Waals surface area contributed by atoms with Crippen molar-refractivity contribution < 1.29 is 9.53 Å². The molecule has 1 aliphatic heterocycles. The molecule has 0 spiro atoms. The maximum atomic E-state index is 13.0. The number of amides is 1. The lowest BCUT2D eigenvalue weighted by atomic mass is 9.97. The lowest BCUT2D eigenvalue weighted by Gasteiger charge is -2.29. The Morgan fingerprint density at radius 2 is 1.67 bits per heavy atom. The molecule has 0 fully saturated rings. The Bertz CT molecular complexity index is 938. The number of hydrogen-bond acceptors (Lipinski definition) is 2. The van der Waals surface area contributed by atoms with Crippen LogP contribution in [0.15, 0.2) is 77.3 Å². The van der Waals surface area contributed by atoms with E-state index in [9.17, 15) is 4.79 Å². The van der Waals surface area contributed by atoms with Crippen LogP contribution in [0.2, 0.25) is 0 Å². The van der Waals surface area contributed by atoms with Gasteiger partial charge in [-0.25, -0.2) is 0 Å². The number of carbonyl (C=O) groups excluding carboxylic acids is 1. The largest absolute Gasteiger partial charge is 0.489 e. The minimum atomic E-state index is 0.0735. The van der Waals surface area contributed by atoms with Gasteiger partial charge in [-0.3, -0.25) is 4.79 Å². The van der Waals surface area contributed by atoms with E-state index in [-0.39, 0.29) is 5.91 Å². The summed E-state index contributed by atoms with van der Waals surface area (Å²) in [4.78, 5) is 14.9. The van der Waals surface area contributed by atoms with Gasteiger partial charge in [0.05, 0.1) is 0 Å². The molecule has 0 bridgehead atoms. The number of halogens is 1. The van der Waals surface area contributed by atoms with Gasteiger partial charge in [-0.2, -0.15) is 0 Å². The maximum absolute atomic E-state index is 13.0. The SMILES string of the molecule is O=C1c2cccc(OCc3ccccc3)c2CCN1Cc1ccc(Br)cc1. The second-order valence-corrected chi connectivity index (χ2v) is 7.58. The monoisotopic (exact) mass is 421 g/mol. The molecule has 3 aromatic rings. The number of rotatable bonds is 5. The van der Waals surface area contributed by atoms with Gasteiger partial charge in [0.2, 0.25) is 0 Å². The van der Waals surface area contributed by atoms with Crippen LogP contribution in [0, 0.1) is 0 Å². The third kappa shape index (κ3) is 4.06. The van der Waals surface area contributed by atoms with Crippen molar-refractivity contribution in [1.29, 1.82) is 0 Å². The minimum Gasteiger partial charge on any atom is -0.489 e. The summed E-state index contributed by atoms with van der Waals surface area (Å²) < 4.78 is 7.07. The molecule has 4 heteroatoms. The summed E-state index contributed by atoms with van der Waals surface area (Å²) in [6.45, 7) is 1.84. The van der Waals surface area contributed by atoms with Gasteiger partial charge >= 0.3 is 0 Å². The predicted octanol–water partition coefficient (Wildman–Crippen LogP) is 5.23. The van der Waals surface area contributed by atoms with Crippen molar-refractivity contribution in [2.75, 3.05) is 6.54 Å². The molecule has 0 saturated heterocycles. The molecule has 0 radical (unpaired) electrons. The fraction of sp³-hybridized carbons (Fsp3) is 0.174. The van der Waals surface area contributed by atoms with Gasteiger partial charge in [0.1, 0.15) is 12.4 Å². The van der Waals surface area contributed by atoms with E-state index in [2.05, 4.69) is 15.9 Å². The maximum Gasteiger partial charge on any atom is 0.254 e. The first-order valence-corrected chi connectivity index (χ1v) is 9.82. The Morgan fingerprint density at radius 1 is 0.889 bits per heavy atom. The molecule has 4 rings (SSSR count). The molecule has 1 heterocycles. The average Bonchev–Trinajstić information content (AvgIpc) is 2.71. The second kappa shape index (κ2) is 7.97. The zero-order valence-electron chi connectivity index (χ0n) is 14.9. The van der Waals surface area contributed by atoms with Gasteiger partial charge in [-0.05, 0) is 41.8 Å². The molecular weight excluding hydrogens is 402 g/mol. The summed E-state index contributed by atoms with van der Waals surface area (Å²) in [6, 6.07) is 24.0. The van der Waals surface area contributed by atoms with Crippen LogP contribution in [0.5, 0.6) is 5.75 Å². The van der Waals surface area contributed by atoms with Gasteiger partial charge in [-0.1, -0.05) is 64.5 Å². The van der Waals surface area contributed by atoms with Crippen LogP contribution in [-0.2, 0) is 19.6 Å². The van der Waals surface area contributed by atoms with Crippen LogP contribution in [0.3, 0.4) is 0 Å². The van der Waals surface area contributed by atoms with Crippen LogP contribution in [0.25, 0.3) is 0 Å². The molecule has 0 aromatic heterocycles. The first kappa shape index (κ1) is 17.8. The quantitative estimate of drug-likeness (QED) is 0.564. The highest BCUT2D eigenvalue weighted by Gasteiger charge is 2.26. The summed E-state index contributed by atoms with van der Waals surface area (Å²) in [5.74, 6) is 0.886. The van der Waals surface area contributed by atoms with Gasteiger partial charge < -0.3 is 9.64 Å². The van der Waals surface area contributed by atoms with Crippen LogP contribution in [0.1, 0.15) is 27.0 Å². The Hall–Kier alpha value is -2.59. The molecule has 0 saturated carbocycles.